The average Bonchev–Trinajstić information content (AvgIpc) is 3.04. The van der Waals surface area contributed by atoms with Crippen LogP contribution < -0.4 is 0 Å². The van der Waals surface area contributed by atoms with Crippen molar-refractivity contribution in [2.75, 3.05) is 0 Å². The molecule has 0 spiro atoms. The minimum Gasteiger partial charge on any atom is -0.507 e. The molecule has 7 heteroatoms. The van der Waals surface area contributed by atoms with Gasteiger partial charge in [-0.1, -0.05) is 32.1 Å². The average molecular weight is 398 g/mol. The Hall–Kier alpha value is -2.93. The fraction of sp³-hybridized carbons (Fsp3) is 0.409. The standard InChI is InChI=1S/C22H26N2O5/c1-12-8-9-18(26)13(2)17(25)7-5-6-15-20(22(28)29-14(12)3)19(27)10-16-21(15)23-11-24(16)4/h5-6,8-14,17,25,27H,7H2,1-4H3/b6-5+,9-8-/t12-,13+,14+,17+/m1/s1. The first-order valence-corrected chi connectivity index (χ1v) is 9.65. The van der Waals surface area contributed by atoms with Gasteiger partial charge in [-0.05, 0) is 19.4 Å². The lowest BCUT2D eigenvalue weighted by atomic mass is 9.94. The van der Waals surface area contributed by atoms with Crippen LogP contribution in [-0.4, -0.2) is 43.7 Å². The van der Waals surface area contributed by atoms with Gasteiger partial charge >= 0.3 is 5.97 Å². The van der Waals surface area contributed by atoms with Crippen LogP contribution in [0.3, 0.4) is 0 Å². The van der Waals surface area contributed by atoms with Crippen LogP contribution in [0.5, 0.6) is 5.75 Å². The summed E-state index contributed by atoms with van der Waals surface area (Å²) < 4.78 is 7.32. The highest BCUT2D eigenvalue weighted by Gasteiger charge is 2.26. The van der Waals surface area contributed by atoms with E-state index in [0.717, 1.165) is 0 Å². The Balaban J connectivity index is 2.15. The highest BCUT2D eigenvalue weighted by atomic mass is 16.5. The van der Waals surface area contributed by atoms with E-state index < -0.39 is 24.1 Å². The van der Waals surface area contributed by atoms with Gasteiger partial charge in [0.1, 0.15) is 17.4 Å². The summed E-state index contributed by atoms with van der Waals surface area (Å²) in [6, 6.07) is 1.49. The maximum absolute atomic E-state index is 12.9. The van der Waals surface area contributed by atoms with E-state index in [1.54, 1.807) is 50.0 Å². The van der Waals surface area contributed by atoms with Crippen molar-refractivity contribution >= 4 is 28.9 Å². The quantitative estimate of drug-likeness (QED) is 0.662. The van der Waals surface area contributed by atoms with Crippen LogP contribution in [0, 0.1) is 11.8 Å². The number of phenolic OH excluding ortho intramolecular Hbond substituents is 1. The van der Waals surface area contributed by atoms with Crippen LogP contribution in [0.2, 0.25) is 0 Å². The van der Waals surface area contributed by atoms with Gasteiger partial charge in [0.05, 0.1) is 23.5 Å². The minimum atomic E-state index is -0.869. The van der Waals surface area contributed by atoms with Crippen molar-refractivity contribution in [3.8, 4) is 5.75 Å². The number of fused-ring (bicyclic) bond motifs is 3. The third-order valence-corrected chi connectivity index (χ3v) is 5.53. The van der Waals surface area contributed by atoms with E-state index in [1.165, 1.54) is 12.1 Å². The molecule has 0 unspecified atom stereocenters. The largest absolute Gasteiger partial charge is 0.507 e. The van der Waals surface area contributed by atoms with E-state index in [2.05, 4.69) is 4.98 Å². The first-order valence-electron chi connectivity index (χ1n) is 9.65. The third kappa shape index (κ3) is 4.10. The lowest BCUT2D eigenvalue weighted by Crippen LogP contribution is -2.25. The van der Waals surface area contributed by atoms with Crippen molar-refractivity contribution in [2.45, 2.75) is 39.4 Å². The minimum absolute atomic E-state index is 0.0335. The molecule has 0 bridgehead atoms. The Morgan fingerprint density at radius 3 is 2.66 bits per heavy atom. The van der Waals surface area contributed by atoms with Crippen LogP contribution in [0.1, 0.15) is 43.1 Å². The molecule has 7 nitrogen and oxygen atoms in total. The molecular formula is C22H26N2O5. The van der Waals surface area contributed by atoms with Gasteiger partial charge < -0.3 is 19.5 Å². The van der Waals surface area contributed by atoms with Gasteiger partial charge in [-0.3, -0.25) is 4.79 Å². The molecule has 1 aliphatic rings. The monoisotopic (exact) mass is 398 g/mol. The van der Waals surface area contributed by atoms with Crippen LogP contribution in [0.25, 0.3) is 17.1 Å². The Morgan fingerprint density at radius 2 is 1.93 bits per heavy atom. The molecule has 0 fully saturated rings. The summed E-state index contributed by atoms with van der Waals surface area (Å²) in [5, 5.41) is 21.0. The number of esters is 1. The summed E-state index contributed by atoms with van der Waals surface area (Å²) >= 11 is 0. The van der Waals surface area contributed by atoms with E-state index >= 15 is 0 Å². The van der Waals surface area contributed by atoms with E-state index in [9.17, 15) is 19.8 Å². The number of aromatic nitrogens is 2. The second kappa shape index (κ2) is 8.21. The summed E-state index contributed by atoms with van der Waals surface area (Å²) in [6.07, 6.45) is 6.84. The number of benzene rings is 1. The number of hydrogen-bond donors (Lipinski definition) is 2. The lowest BCUT2D eigenvalue weighted by molar-refractivity contribution is -0.120. The predicted molar refractivity (Wildman–Crippen MR) is 109 cm³/mol. The zero-order valence-electron chi connectivity index (χ0n) is 17.0. The van der Waals surface area contributed by atoms with Gasteiger partial charge in [-0.25, -0.2) is 9.78 Å². The summed E-state index contributed by atoms with van der Waals surface area (Å²) in [5.41, 5.74) is 1.66. The molecule has 1 aromatic carbocycles. The fourth-order valence-electron chi connectivity index (χ4n) is 3.26. The number of aliphatic hydroxyl groups excluding tert-OH is 1. The number of ketones is 1. The number of aryl methyl sites for hydroxylation is 1. The number of aromatic hydroxyl groups is 1. The molecule has 0 radical (unpaired) electrons. The molecule has 4 atom stereocenters. The molecule has 3 rings (SSSR count). The Bertz CT molecular complexity index is 1000. The normalized spacial score (nSPS) is 28.4. The zero-order chi connectivity index (χ0) is 21.3. The number of ether oxygens (including phenoxy) is 1. The molecule has 1 aromatic heterocycles. The topological polar surface area (TPSA) is 102 Å². The maximum atomic E-state index is 12.9. The van der Waals surface area contributed by atoms with Crippen molar-refractivity contribution in [1.29, 1.82) is 0 Å². The Kier molecular flexibility index (Phi) is 5.88. The smallest absolute Gasteiger partial charge is 0.342 e. The molecular weight excluding hydrogens is 372 g/mol. The number of aliphatic hydroxyl groups is 1. The molecule has 154 valence electrons. The van der Waals surface area contributed by atoms with Crippen molar-refractivity contribution in [1.82, 2.24) is 9.55 Å². The van der Waals surface area contributed by atoms with Gasteiger partial charge in [0.25, 0.3) is 0 Å². The molecule has 0 amide bonds. The number of hydrogen-bond acceptors (Lipinski definition) is 6. The maximum Gasteiger partial charge on any atom is 0.342 e. The van der Waals surface area contributed by atoms with Crippen molar-refractivity contribution in [3.63, 3.8) is 0 Å². The SMILES string of the molecule is C[C@@H]1/C=C\C(=O)[C@@H](C)[C@@H](O)C/C=C/c2c(c(O)cc3c2ncn3C)C(=O)O[C@H]1C. The lowest BCUT2D eigenvalue weighted by Gasteiger charge is -2.20. The number of phenols is 1. The number of cyclic esters (lactones) is 1. The van der Waals surface area contributed by atoms with Crippen molar-refractivity contribution < 1.29 is 24.5 Å². The molecule has 2 aromatic rings. The van der Waals surface area contributed by atoms with E-state index in [-0.39, 0.29) is 29.4 Å². The van der Waals surface area contributed by atoms with Gasteiger partial charge in [-0.2, -0.15) is 0 Å². The number of allylic oxidation sites excluding steroid dienone is 1. The van der Waals surface area contributed by atoms with Crippen molar-refractivity contribution in [2.24, 2.45) is 18.9 Å². The summed E-state index contributed by atoms with van der Waals surface area (Å²) in [4.78, 5) is 29.6. The number of rotatable bonds is 0. The first-order chi connectivity index (χ1) is 13.7. The molecule has 0 saturated carbocycles. The van der Waals surface area contributed by atoms with Gasteiger partial charge in [-0.15, -0.1) is 0 Å². The molecule has 0 aliphatic carbocycles. The summed E-state index contributed by atoms with van der Waals surface area (Å²) in [7, 11) is 1.79. The van der Waals surface area contributed by atoms with Crippen LogP contribution >= 0.6 is 0 Å². The third-order valence-electron chi connectivity index (χ3n) is 5.53. The van der Waals surface area contributed by atoms with E-state index in [0.29, 0.717) is 16.6 Å². The van der Waals surface area contributed by atoms with Crippen LogP contribution in [0.15, 0.2) is 30.6 Å². The molecule has 1 aliphatic heterocycles. The predicted octanol–water partition coefficient (Wildman–Crippen LogP) is 3.00. The number of carbonyl (C=O) groups is 2. The van der Waals surface area contributed by atoms with E-state index in [1.807, 2.05) is 6.92 Å². The van der Waals surface area contributed by atoms with Gasteiger partial charge in [0, 0.05) is 30.5 Å². The summed E-state index contributed by atoms with van der Waals surface area (Å²) in [5.74, 6) is -1.84. The first kappa shape index (κ1) is 20.8. The molecule has 0 saturated heterocycles. The van der Waals surface area contributed by atoms with Crippen LogP contribution in [0.4, 0.5) is 0 Å². The Morgan fingerprint density at radius 1 is 1.21 bits per heavy atom. The second-order valence-corrected chi connectivity index (χ2v) is 7.63. The fourth-order valence-corrected chi connectivity index (χ4v) is 3.26. The molecule has 2 heterocycles. The second-order valence-electron chi connectivity index (χ2n) is 7.63. The summed E-state index contributed by atoms with van der Waals surface area (Å²) in [6.45, 7) is 5.24. The highest BCUT2D eigenvalue weighted by molar-refractivity contribution is 6.03. The number of carbonyl (C=O) groups excluding carboxylic acids is 2. The van der Waals surface area contributed by atoms with E-state index in [4.69, 9.17) is 4.74 Å². The number of nitrogens with zero attached hydrogens (tertiary/aromatic N) is 2. The van der Waals surface area contributed by atoms with Crippen molar-refractivity contribution in [3.05, 3.63) is 41.7 Å². The molecule has 29 heavy (non-hydrogen) atoms. The van der Waals surface area contributed by atoms with Crippen LogP contribution in [-0.2, 0) is 16.6 Å². The molecule has 2 N–H and O–H groups in total. The highest BCUT2D eigenvalue weighted by Crippen LogP contribution is 2.32. The zero-order valence-corrected chi connectivity index (χ0v) is 17.0. The Labute approximate surface area is 169 Å². The van der Waals surface area contributed by atoms with Gasteiger partial charge in [0.2, 0.25) is 0 Å². The number of imidazole rings is 1. The van der Waals surface area contributed by atoms with Gasteiger partial charge in [0.15, 0.2) is 5.78 Å².